The Labute approximate surface area is 139 Å². The van der Waals surface area contributed by atoms with Gasteiger partial charge >= 0.3 is 0 Å². The van der Waals surface area contributed by atoms with E-state index < -0.39 is 0 Å². The van der Waals surface area contributed by atoms with Crippen molar-refractivity contribution in [2.45, 2.75) is 33.2 Å². The monoisotopic (exact) mass is 322 g/mol. The van der Waals surface area contributed by atoms with Crippen LogP contribution < -0.4 is 0 Å². The minimum Gasteiger partial charge on any atom is -0.361 e. The van der Waals surface area contributed by atoms with E-state index in [0.717, 1.165) is 45.7 Å². The second-order valence-corrected chi connectivity index (χ2v) is 6.19. The number of aryl methyl sites for hydroxylation is 2. The number of hydrogen-bond donors (Lipinski definition) is 0. The fourth-order valence-electron chi connectivity index (χ4n) is 3.20. The highest BCUT2D eigenvalue weighted by molar-refractivity contribution is 5.80. The second-order valence-electron chi connectivity index (χ2n) is 6.19. The molecular formula is C18H18N4O2. The van der Waals surface area contributed by atoms with Crippen LogP contribution in [-0.4, -0.2) is 32.5 Å². The molecule has 1 amide bonds. The summed E-state index contributed by atoms with van der Waals surface area (Å²) in [7, 11) is 0. The van der Waals surface area contributed by atoms with Crippen LogP contribution >= 0.6 is 0 Å². The highest BCUT2D eigenvalue weighted by Crippen LogP contribution is 2.23. The smallest absolute Gasteiger partial charge is 0.227 e. The molecule has 0 aliphatic carbocycles. The maximum absolute atomic E-state index is 12.7. The van der Waals surface area contributed by atoms with Crippen LogP contribution in [0, 0.1) is 13.8 Å². The van der Waals surface area contributed by atoms with E-state index in [4.69, 9.17) is 4.52 Å². The van der Waals surface area contributed by atoms with Crippen molar-refractivity contribution in [3.8, 4) is 0 Å². The van der Waals surface area contributed by atoms with Crippen molar-refractivity contribution >= 4 is 16.9 Å². The van der Waals surface area contributed by atoms with Gasteiger partial charge in [-0.2, -0.15) is 0 Å². The molecule has 0 atom stereocenters. The summed E-state index contributed by atoms with van der Waals surface area (Å²) in [6, 6.07) is 6.00. The van der Waals surface area contributed by atoms with E-state index >= 15 is 0 Å². The SMILES string of the molecule is Cc1noc(C)c1CC(=O)N1CCc2nc3ncccc3cc2C1. The highest BCUT2D eigenvalue weighted by Gasteiger charge is 2.24. The molecule has 0 unspecified atom stereocenters. The largest absolute Gasteiger partial charge is 0.361 e. The lowest BCUT2D eigenvalue weighted by Crippen LogP contribution is -2.37. The zero-order valence-electron chi connectivity index (χ0n) is 13.7. The summed E-state index contributed by atoms with van der Waals surface area (Å²) in [6.45, 7) is 4.99. The van der Waals surface area contributed by atoms with Gasteiger partial charge in [-0.15, -0.1) is 0 Å². The molecule has 0 aromatic carbocycles. The molecular weight excluding hydrogens is 304 g/mol. The topological polar surface area (TPSA) is 72.1 Å². The molecule has 4 rings (SSSR count). The van der Waals surface area contributed by atoms with Crippen LogP contribution in [0.15, 0.2) is 28.9 Å². The van der Waals surface area contributed by atoms with Crippen LogP contribution in [0.25, 0.3) is 11.0 Å². The number of fused-ring (bicyclic) bond motifs is 2. The van der Waals surface area contributed by atoms with E-state index in [1.54, 1.807) is 6.20 Å². The van der Waals surface area contributed by atoms with E-state index in [9.17, 15) is 4.79 Å². The lowest BCUT2D eigenvalue weighted by molar-refractivity contribution is -0.131. The van der Waals surface area contributed by atoms with Crippen molar-refractivity contribution in [2.24, 2.45) is 0 Å². The summed E-state index contributed by atoms with van der Waals surface area (Å²) in [5.74, 6) is 0.818. The van der Waals surface area contributed by atoms with Crippen molar-refractivity contribution in [3.05, 3.63) is 52.7 Å². The van der Waals surface area contributed by atoms with Crippen molar-refractivity contribution in [3.63, 3.8) is 0 Å². The number of aromatic nitrogens is 3. The number of rotatable bonds is 2. The third-order valence-corrected chi connectivity index (χ3v) is 4.60. The van der Waals surface area contributed by atoms with E-state index in [1.165, 1.54) is 0 Å². The van der Waals surface area contributed by atoms with Gasteiger partial charge < -0.3 is 9.42 Å². The van der Waals surface area contributed by atoms with Gasteiger partial charge in [0.2, 0.25) is 5.91 Å². The Hall–Kier alpha value is -2.76. The first-order valence-corrected chi connectivity index (χ1v) is 8.05. The second kappa shape index (κ2) is 5.70. The van der Waals surface area contributed by atoms with Crippen LogP contribution in [-0.2, 0) is 24.2 Å². The molecule has 0 radical (unpaired) electrons. The summed E-state index contributed by atoms with van der Waals surface area (Å²) < 4.78 is 5.15. The molecule has 4 heterocycles. The van der Waals surface area contributed by atoms with Gasteiger partial charge in [0.05, 0.1) is 12.1 Å². The average molecular weight is 322 g/mol. The van der Waals surface area contributed by atoms with Gasteiger partial charge in [0.1, 0.15) is 5.76 Å². The zero-order chi connectivity index (χ0) is 16.7. The molecule has 6 nitrogen and oxygen atoms in total. The van der Waals surface area contributed by atoms with Crippen molar-refractivity contribution < 1.29 is 9.32 Å². The molecule has 6 heteroatoms. The lowest BCUT2D eigenvalue weighted by atomic mass is 10.0. The van der Waals surface area contributed by atoms with Crippen LogP contribution in [0.3, 0.4) is 0 Å². The minimum atomic E-state index is 0.0985. The Balaban J connectivity index is 1.57. The van der Waals surface area contributed by atoms with Crippen LogP contribution in [0.4, 0.5) is 0 Å². The number of nitrogens with zero attached hydrogens (tertiary/aromatic N) is 4. The molecule has 0 saturated carbocycles. The standard InChI is InChI=1S/C18H18N4O2/c1-11-15(12(2)24-21-11)9-17(23)22-7-5-16-14(10-22)8-13-4-3-6-19-18(13)20-16/h3-4,6,8H,5,7,9-10H2,1-2H3. The van der Waals surface area contributed by atoms with Crippen LogP contribution in [0.5, 0.6) is 0 Å². The molecule has 0 bridgehead atoms. The fraction of sp³-hybridized carbons (Fsp3) is 0.333. The number of carbonyl (C=O) groups is 1. The minimum absolute atomic E-state index is 0.0985. The first-order chi connectivity index (χ1) is 11.6. The summed E-state index contributed by atoms with van der Waals surface area (Å²) in [4.78, 5) is 23.5. The van der Waals surface area contributed by atoms with E-state index in [1.807, 2.05) is 30.9 Å². The van der Waals surface area contributed by atoms with E-state index in [-0.39, 0.29) is 5.91 Å². The molecule has 24 heavy (non-hydrogen) atoms. The maximum Gasteiger partial charge on any atom is 0.227 e. The third-order valence-electron chi connectivity index (χ3n) is 4.60. The van der Waals surface area contributed by atoms with Gasteiger partial charge in [-0.05, 0) is 37.6 Å². The van der Waals surface area contributed by atoms with Gasteiger partial charge in [-0.3, -0.25) is 4.79 Å². The summed E-state index contributed by atoms with van der Waals surface area (Å²) in [5, 5.41) is 4.93. The van der Waals surface area contributed by atoms with E-state index in [0.29, 0.717) is 19.5 Å². The Morgan fingerprint density at radius 3 is 3.04 bits per heavy atom. The molecule has 3 aromatic rings. The Morgan fingerprint density at radius 2 is 2.25 bits per heavy atom. The molecule has 0 spiro atoms. The van der Waals surface area contributed by atoms with Gasteiger partial charge in [-0.25, -0.2) is 9.97 Å². The van der Waals surface area contributed by atoms with Crippen molar-refractivity contribution in [1.82, 2.24) is 20.0 Å². The van der Waals surface area contributed by atoms with Gasteiger partial charge in [0.25, 0.3) is 0 Å². The Kier molecular flexibility index (Phi) is 3.52. The summed E-state index contributed by atoms with van der Waals surface area (Å²) in [6.07, 6.45) is 2.85. The van der Waals surface area contributed by atoms with Crippen molar-refractivity contribution in [2.75, 3.05) is 6.54 Å². The van der Waals surface area contributed by atoms with Crippen LogP contribution in [0.2, 0.25) is 0 Å². The lowest BCUT2D eigenvalue weighted by Gasteiger charge is -2.28. The quantitative estimate of drug-likeness (QED) is 0.724. The first-order valence-electron chi connectivity index (χ1n) is 8.05. The number of hydrogen-bond acceptors (Lipinski definition) is 5. The fourth-order valence-corrected chi connectivity index (χ4v) is 3.20. The molecule has 3 aromatic heterocycles. The average Bonchev–Trinajstić information content (AvgIpc) is 2.91. The molecule has 1 aliphatic heterocycles. The van der Waals surface area contributed by atoms with Crippen LogP contribution in [0.1, 0.15) is 28.3 Å². The molecule has 1 aliphatic rings. The van der Waals surface area contributed by atoms with E-state index in [2.05, 4.69) is 21.2 Å². The molecule has 0 N–H and O–H groups in total. The van der Waals surface area contributed by atoms with Gasteiger partial charge in [-0.1, -0.05) is 5.16 Å². The van der Waals surface area contributed by atoms with Gasteiger partial charge in [0, 0.05) is 42.4 Å². The molecule has 0 fully saturated rings. The Bertz CT molecular complexity index is 912. The maximum atomic E-state index is 12.7. The van der Waals surface area contributed by atoms with Gasteiger partial charge in [0.15, 0.2) is 5.65 Å². The normalized spacial score (nSPS) is 14.0. The molecule has 0 saturated heterocycles. The molecule has 122 valence electrons. The number of carbonyl (C=O) groups excluding carboxylic acids is 1. The number of pyridine rings is 2. The predicted octanol–water partition coefficient (Wildman–Crippen LogP) is 2.36. The highest BCUT2D eigenvalue weighted by atomic mass is 16.5. The Morgan fingerprint density at radius 1 is 1.38 bits per heavy atom. The van der Waals surface area contributed by atoms with Crippen molar-refractivity contribution in [1.29, 1.82) is 0 Å². The summed E-state index contributed by atoms with van der Waals surface area (Å²) in [5.41, 5.74) is 4.60. The third kappa shape index (κ3) is 2.54. The number of amides is 1. The summed E-state index contributed by atoms with van der Waals surface area (Å²) >= 11 is 0. The zero-order valence-corrected chi connectivity index (χ0v) is 13.7. The predicted molar refractivity (Wildman–Crippen MR) is 88.3 cm³/mol. The first kappa shape index (κ1) is 14.8.